The van der Waals surface area contributed by atoms with Gasteiger partial charge in [-0.25, -0.2) is 0 Å². The standard InChI is InChI=1S/C19H29N3O3.ClH/c1-3-19(4-2,13-20)18(25)22-11-9-14(10-12-22)17(24)21-15-5-7-16(23)8-6-15;/h5-8,14,23H,3-4,9-13,20H2,1-2H3,(H,21,24);1H. The maximum Gasteiger partial charge on any atom is 0.230 e. The van der Waals surface area contributed by atoms with E-state index in [0.717, 1.165) is 12.8 Å². The molecule has 1 heterocycles. The van der Waals surface area contributed by atoms with Crippen molar-refractivity contribution in [2.45, 2.75) is 39.5 Å². The number of amides is 2. The number of nitrogens with one attached hydrogen (secondary N) is 1. The zero-order chi connectivity index (χ0) is 18.4. The van der Waals surface area contributed by atoms with Crippen LogP contribution in [0.2, 0.25) is 0 Å². The molecule has 0 bridgehead atoms. The first kappa shape index (κ1) is 22.3. The fourth-order valence-electron chi connectivity index (χ4n) is 3.40. The van der Waals surface area contributed by atoms with E-state index in [1.165, 1.54) is 0 Å². The van der Waals surface area contributed by atoms with Crippen LogP contribution in [-0.4, -0.2) is 41.5 Å². The molecule has 0 atom stereocenters. The second-order valence-electron chi connectivity index (χ2n) is 6.79. The van der Waals surface area contributed by atoms with Crippen molar-refractivity contribution < 1.29 is 14.7 Å². The highest BCUT2D eigenvalue weighted by Gasteiger charge is 2.38. The Kier molecular flexibility index (Phi) is 8.37. The lowest BCUT2D eigenvalue weighted by Gasteiger charge is -2.38. The highest BCUT2D eigenvalue weighted by atomic mass is 35.5. The van der Waals surface area contributed by atoms with E-state index in [2.05, 4.69) is 5.32 Å². The van der Waals surface area contributed by atoms with E-state index in [1.54, 1.807) is 24.3 Å². The molecule has 1 saturated heterocycles. The average Bonchev–Trinajstić information content (AvgIpc) is 2.65. The lowest BCUT2D eigenvalue weighted by Crippen LogP contribution is -2.50. The molecule has 1 aromatic rings. The number of rotatable bonds is 6. The predicted octanol–water partition coefficient (Wildman–Crippen LogP) is 2.76. The fourth-order valence-corrected chi connectivity index (χ4v) is 3.40. The normalized spacial score (nSPS) is 15.3. The molecule has 0 unspecified atom stereocenters. The molecule has 0 spiro atoms. The topological polar surface area (TPSA) is 95.7 Å². The molecule has 2 amide bonds. The summed E-state index contributed by atoms with van der Waals surface area (Å²) in [6.45, 7) is 5.56. The largest absolute Gasteiger partial charge is 0.508 e. The molecule has 1 aliphatic heterocycles. The van der Waals surface area contributed by atoms with Crippen molar-refractivity contribution in [3.63, 3.8) is 0 Å². The minimum atomic E-state index is -0.471. The van der Waals surface area contributed by atoms with Crippen LogP contribution in [0.25, 0.3) is 0 Å². The molecule has 4 N–H and O–H groups in total. The van der Waals surface area contributed by atoms with Crippen molar-refractivity contribution in [3.8, 4) is 5.75 Å². The van der Waals surface area contributed by atoms with E-state index in [9.17, 15) is 14.7 Å². The molecule has 1 fully saturated rings. The van der Waals surface area contributed by atoms with Crippen molar-refractivity contribution in [2.24, 2.45) is 17.1 Å². The number of carbonyl (C=O) groups excluding carboxylic acids is 2. The molecule has 0 saturated carbocycles. The summed E-state index contributed by atoms with van der Waals surface area (Å²) in [5.41, 5.74) is 6.07. The first-order valence-electron chi connectivity index (χ1n) is 9.05. The molecule has 26 heavy (non-hydrogen) atoms. The van der Waals surface area contributed by atoms with Gasteiger partial charge in [-0.1, -0.05) is 13.8 Å². The Morgan fingerprint density at radius 2 is 1.73 bits per heavy atom. The maximum absolute atomic E-state index is 12.8. The van der Waals surface area contributed by atoms with E-state index in [4.69, 9.17) is 5.73 Å². The molecular formula is C19H30ClN3O3. The minimum Gasteiger partial charge on any atom is -0.508 e. The third kappa shape index (κ3) is 4.89. The summed E-state index contributed by atoms with van der Waals surface area (Å²) in [4.78, 5) is 27.1. The first-order chi connectivity index (χ1) is 12.0. The monoisotopic (exact) mass is 383 g/mol. The Morgan fingerprint density at radius 1 is 1.19 bits per heavy atom. The number of likely N-dealkylation sites (tertiary alicyclic amines) is 1. The number of phenolic OH excluding ortho intramolecular Hbond substituents is 1. The van der Waals surface area contributed by atoms with Gasteiger partial charge in [0, 0.05) is 31.2 Å². The van der Waals surface area contributed by atoms with Crippen molar-refractivity contribution in [2.75, 3.05) is 25.0 Å². The number of hydrogen-bond donors (Lipinski definition) is 3. The number of anilines is 1. The number of piperidine rings is 1. The lowest BCUT2D eigenvalue weighted by atomic mass is 9.80. The molecule has 1 aromatic carbocycles. The Morgan fingerprint density at radius 3 is 2.19 bits per heavy atom. The van der Waals surface area contributed by atoms with Gasteiger partial charge in [0.25, 0.3) is 0 Å². The number of nitrogens with zero attached hydrogens (tertiary/aromatic N) is 1. The van der Waals surface area contributed by atoms with Crippen LogP contribution in [0.15, 0.2) is 24.3 Å². The van der Waals surface area contributed by atoms with Crippen molar-refractivity contribution in [1.29, 1.82) is 0 Å². The van der Waals surface area contributed by atoms with Gasteiger partial charge in [0.2, 0.25) is 11.8 Å². The fraction of sp³-hybridized carbons (Fsp3) is 0.579. The van der Waals surface area contributed by atoms with Gasteiger partial charge in [0.05, 0.1) is 5.41 Å². The van der Waals surface area contributed by atoms with Crippen LogP contribution in [-0.2, 0) is 9.59 Å². The molecular weight excluding hydrogens is 354 g/mol. The second-order valence-corrected chi connectivity index (χ2v) is 6.79. The zero-order valence-corrected chi connectivity index (χ0v) is 16.3. The van der Waals surface area contributed by atoms with Crippen LogP contribution in [0, 0.1) is 11.3 Å². The van der Waals surface area contributed by atoms with Gasteiger partial charge in [0.15, 0.2) is 0 Å². The van der Waals surface area contributed by atoms with Crippen LogP contribution >= 0.6 is 12.4 Å². The summed E-state index contributed by atoms with van der Waals surface area (Å²) < 4.78 is 0. The summed E-state index contributed by atoms with van der Waals surface area (Å²) in [7, 11) is 0. The van der Waals surface area contributed by atoms with Gasteiger partial charge in [-0.3, -0.25) is 9.59 Å². The first-order valence-corrected chi connectivity index (χ1v) is 9.05. The van der Waals surface area contributed by atoms with Gasteiger partial charge in [0.1, 0.15) is 5.75 Å². The Balaban J connectivity index is 0.00000338. The molecule has 0 aromatic heterocycles. The lowest BCUT2D eigenvalue weighted by molar-refractivity contribution is -0.144. The van der Waals surface area contributed by atoms with Gasteiger partial charge in [-0.15, -0.1) is 12.4 Å². The van der Waals surface area contributed by atoms with Crippen molar-refractivity contribution in [1.82, 2.24) is 4.90 Å². The van der Waals surface area contributed by atoms with Crippen LogP contribution in [0.1, 0.15) is 39.5 Å². The number of carbonyl (C=O) groups is 2. The van der Waals surface area contributed by atoms with E-state index in [0.29, 0.717) is 38.2 Å². The highest BCUT2D eigenvalue weighted by molar-refractivity contribution is 5.93. The third-order valence-corrected chi connectivity index (χ3v) is 5.49. The molecule has 7 heteroatoms. The molecule has 146 valence electrons. The number of benzene rings is 1. The van der Waals surface area contributed by atoms with Crippen LogP contribution < -0.4 is 11.1 Å². The van der Waals surface area contributed by atoms with Crippen molar-refractivity contribution in [3.05, 3.63) is 24.3 Å². The van der Waals surface area contributed by atoms with E-state index < -0.39 is 5.41 Å². The zero-order valence-electron chi connectivity index (χ0n) is 15.5. The Bertz CT molecular complexity index is 586. The number of nitrogens with two attached hydrogens (primary N) is 1. The van der Waals surface area contributed by atoms with Gasteiger partial charge < -0.3 is 21.1 Å². The highest BCUT2D eigenvalue weighted by Crippen LogP contribution is 2.30. The average molecular weight is 384 g/mol. The summed E-state index contributed by atoms with van der Waals surface area (Å²) in [6.07, 6.45) is 2.79. The Hall–Kier alpha value is -1.79. The van der Waals surface area contributed by atoms with Crippen LogP contribution in [0.5, 0.6) is 5.75 Å². The Labute approximate surface area is 161 Å². The minimum absolute atomic E-state index is 0. The third-order valence-electron chi connectivity index (χ3n) is 5.49. The summed E-state index contributed by atoms with van der Waals surface area (Å²) in [6, 6.07) is 6.42. The van der Waals surface area contributed by atoms with Gasteiger partial charge >= 0.3 is 0 Å². The summed E-state index contributed by atoms with van der Waals surface area (Å²) in [5, 5.41) is 12.2. The van der Waals surface area contributed by atoms with Crippen molar-refractivity contribution >= 4 is 29.9 Å². The second kappa shape index (κ2) is 9.78. The SMILES string of the molecule is CCC(CC)(CN)C(=O)N1CCC(C(=O)Nc2ccc(O)cc2)CC1.Cl. The smallest absolute Gasteiger partial charge is 0.230 e. The molecule has 0 aliphatic carbocycles. The predicted molar refractivity (Wildman–Crippen MR) is 105 cm³/mol. The number of hydrogen-bond acceptors (Lipinski definition) is 4. The number of halogens is 1. The van der Waals surface area contributed by atoms with E-state index >= 15 is 0 Å². The van der Waals surface area contributed by atoms with Gasteiger partial charge in [-0.2, -0.15) is 0 Å². The van der Waals surface area contributed by atoms with Crippen LogP contribution in [0.4, 0.5) is 5.69 Å². The summed E-state index contributed by atoms with van der Waals surface area (Å²) >= 11 is 0. The molecule has 6 nitrogen and oxygen atoms in total. The molecule has 2 rings (SSSR count). The molecule has 0 radical (unpaired) electrons. The molecule has 1 aliphatic rings. The number of aromatic hydroxyl groups is 1. The van der Waals surface area contributed by atoms with Gasteiger partial charge in [-0.05, 0) is 49.9 Å². The van der Waals surface area contributed by atoms with Crippen LogP contribution in [0.3, 0.4) is 0 Å². The maximum atomic E-state index is 12.8. The van der Waals surface area contributed by atoms with E-state index in [1.807, 2.05) is 18.7 Å². The van der Waals surface area contributed by atoms with E-state index in [-0.39, 0.29) is 35.9 Å². The quantitative estimate of drug-likeness (QED) is 0.658. The summed E-state index contributed by atoms with van der Waals surface area (Å²) in [5.74, 6) is 0.152. The number of phenols is 1.